The highest BCUT2D eigenvalue weighted by Crippen LogP contribution is 1.94. The first-order chi connectivity index (χ1) is 4.43. The summed E-state index contributed by atoms with van der Waals surface area (Å²) in [4.78, 5) is 3.18. The van der Waals surface area contributed by atoms with Gasteiger partial charge in [0.1, 0.15) is 6.26 Å². The summed E-state index contributed by atoms with van der Waals surface area (Å²) in [5, 5.41) is 3.64. The first-order valence-corrected chi connectivity index (χ1v) is 2.66. The molecule has 3 heteroatoms. The molecule has 1 aromatic rings. The summed E-state index contributed by atoms with van der Waals surface area (Å²) < 4.78 is 4.56. The molecule has 1 aromatic heterocycles. The van der Waals surface area contributed by atoms with Crippen molar-refractivity contribution in [3.05, 3.63) is 29.4 Å². The van der Waals surface area contributed by atoms with Gasteiger partial charge in [0, 0.05) is 6.07 Å². The molecule has 0 aliphatic heterocycles. The van der Waals surface area contributed by atoms with E-state index < -0.39 is 0 Å². The smallest absolute Gasteiger partial charge is 0.220 e. The van der Waals surface area contributed by atoms with Crippen molar-refractivity contribution in [2.45, 2.75) is 6.42 Å². The average Bonchev–Trinajstić information content (AvgIpc) is 2.34. The molecular formula is C6H6N2O. The molecule has 0 bridgehead atoms. The van der Waals surface area contributed by atoms with Crippen molar-refractivity contribution in [3.8, 4) is 0 Å². The van der Waals surface area contributed by atoms with Gasteiger partial charge in [-0.2, -0.15) is 0 Å². The van der Waals surface area contributed by atoms with Crippen molar-refractivity contribution in [1.82, 2.24) is 5.16 Å². The summed E-state index contributed by atoms with van der Waals surface area (Å²) in [5.74, 6) is 0. The summed E-state index contributed by atoms with van der Waals surface area (Å²) in [7, 11) is 0. The average molecular weight is 122 g/mol. The van der Waals surface area contributed by atoms with Crippen molar-refractivity contribution in [3.63, 3.8) is 0 Å². The van der Waals surface area contributed by atoms with E-state index in [-0.39, 0.29) is 0 Å². The van der Waals surface area contributed by atoms with Crippen LogP contribution >= 0.6 is 0 Å². The number of rotatable bonds is 2. The van der Waals surface area contributed by atoms with Gasteiger partial charge in [-0.05, 0) is 0 Å². The third kappa shape index (κ3) is 1.57. The number of aromatic nitrogens is 1. The zero-order chi connectivity index (χ0) is 6.53. The van der Waals surface area contributed by atoms with Crippen LogP contribution in [0.5, 0.6) is 0 Å². The van der Waals surface area contributed by atoms with E-state index in [4.69, 9.17) is 6.57 Å². The minimum atomic E-state index is 0.493. The third-order valence-electron chi connectivity index (χ3n) is 0.971. The van der Waals surface area contributed by atoms with Crippen LogP contribution in [0.3, 0.4) is 0 Å². The zero-order valence-electron chi connectivity index (χ0n) is 4.87. The number of hydrogen-bond donors (Lipinski definition) is 0. The second kappa shape index (κ2) is 2.88. The summed E-state index contributed by atoms with van der Waals surface area (Å²) in [5.41, 5.74) is 0.853. The summed E-state index contributed by atoms with van der Waals surface area (Å²) >= 11 is 0. The van der Waals surface area contributed by atoms with E-state index in [1.54, 1.807) is 6.07 Å². The second-order valence-electron chi connectivity index (χ2n) is 1.62. The molecular weight excluding hydrogens is 116 g/mol. The Labute approximate surface area is 53.1 Å². The van der Waals surface area contributed by atoms with Crippen LogP contribution in [0.1, 0.15) is 5.69 Å². The molecule has 0 aliphatic rings. The lowest BCUT2D eigenvalue weighted by atomic mass is 10.3. The van der Waals surface area contributed by atoms with E-state index in [0.717, 1.165) is 5.69 Å². The monoisotopic (exact) mass is 122 g/mol. The molecule has 0 unspecified atom stereocenters. The maximum Gasteiger partial charge on any atom is 0.220 e. The van der Waals surface area contributed by atoms with Gasteiger partial charge in [-0.1, -0.05) is 5.16 Å². The molecule has 0 fully saturated rings. The molecule has 1 rings (SSSR count). The third-order valence-corrected chi connectivity index (χ3v) is 0.971. The molecule has 0 saturated heterocycles. The number of hydrogen-bond acceptors (Lipinski definition) is 2. The largest absolute Gasteiger partial charge is 0.365 e. The molecule has 0 atom stereocenters. The van der Waals surface area contributed by atoms with Crippen LogP contribution in [0.15, 0.2) is 16.9 Å². The maximum atomic E-state index is 6.47. The molecule has 0 N–H and O–H groups in total. The fraction of sp³-hybridized carbons (Fsp3) is 0.333. The van der Waals surface area contributed by atoms with Gasteiger partial charge in [-0.25, -0.2) is 6.57 Å². The molecule has 0 radical (unpaired) electrons. The van der Waals surface area contributed by atoms with Crippen molar-refractivity contribution in [2.75, 3.05) is 6.54 Å². The van der Waals surface area contributed by atoms with Gasteiger partial charge in [-0.15, -0.1) is 0 Å². The van der Waals surface area contributed by atoms with Crippen molar-refractivity contribution in [2.24, 2.45) is 0 Å². The van der Waals surface area contributed by atoms with E-state index in [1.165, 1.54) is 6.26 Å². The van der Waals surface area contributed by atoms with Crippen LogP contribution in [0.25, 0.3) is 4.85 Å². The van der Waals surface area contributed by atoms with Crippen LogP contribution in [0.4, 0.5) is 0 Å². The van der Waals surface area contributed by atoms with E-state index in [9.17, 15) is 0 Å². The highest BCUT2D eigenvalue weighted by Gasteiger charge is 1.95. The van der Waals surface area contributed by atoms with Crippen molar-refractivity contribution >= 4 is 0 Å². The molecule has 3 nitrogen and oxygen atoms in total. The van der Waals surface area contributed by atoms with Crippen LogP contribution in [-0.4, -0.2) is 11.7 Å². The van der Waals surface area contributed by atoms with Gasteiger partial charge in [0.15, 0.2) is 0 Å². The normalized spacial score (nSPS) is 8.78. The van der Waals surface area contributed by atoms with Gasteiger partial charge in [0.05, 0.1) is 12.1 Å². The minimum absolute atomic E-state index is 0.493. The fourth-order valence-electron chi connectivity index (χ4n) is 0.537. The lowest BCUT2D eigenvalue weighted by molar-refractivity contribution is 0.412. The van der Waals surface area contributed by atoms with Gasteiger partial charge >= 0.3 is 0 Å². The Morgan fingerprint density at radius 2 is 2.67 bits per heavy atom. The lowest BCUT2D eigenvalue weighted by Crippen LogP contribution is -1.85. The predicted molar refractivity (Wildman–Crippen MR) is 31.7 cm³/mol. The summed E-state index contributed by atoms with van der Waals surface area (Å²) in [6.45, 7) is 6.96. The van der Waals surface area contributed by atoms with Crippen LogP contribution < -0.4 is 0 Å². The Hall–Kier alpha value is -1.30. The highest BCUT2D eigenvalue weighted by atomic mass is 16.5. The van der Waals surface area contributed by atoms with Crippen LogP contribution in [0, 0.1) is 6.57 Å². The van der Waals surface area contributed by atoms with Crippen molar-refractivity contribution < 1.29 is 4.52 Å². The maximum absolute atomic E-state index is 6.47. The summed E-state index contributed by atoms with van der Waals surface area (Å²) in [6.07, 6.45) is 2.21. The molecule has 1 heterocycles. The first-order valence-electron chi connectivity index (χ1n) is 2.66. The lowest BCUT2D eigenvalue weighted by Gasteiger charge is -1.79. The minimum Gasteiger partial charge on any atom is -0.365 e. The standard InChI is InChI=1S/C6H6N2O/c1-7-4-2-6-3-5-9-8-6/h3,5H,2,4H2. The zero-order valence-corrected chi connectivity index (χ0v) is 4.87. The molecule has 9 heavy (non-hydrogen) atoms. The van der Waals surface area contributed by atoms with E-state index in [2.05, 4.69) is 14.5 Å². The Morgan fingerprint density at radius 1 is 1.78 bits per heavy atom. The summed E-state index contributed by atoms with van der Waals surface area (Å²) in [6, 6.07) is 1.77. The SMILES string of the molecule is [C-]#[N+]CCc1ccon1. The first kappa shape index (κ1) is 5.83. The molecule has 0 amide bonds. The van der Waals surface area contributed by atoms with Crippen molar-refractivity contribution in [1.29, 1.82) is 0 Å². The van der Waals surface area contributed by atoms with Gasteiger partial charge in [-0.3, -0.25) is 0 Å². The van der Waals surface area contributed by atoms with Gasteiger partial charge in [0.25, 0.3) is 0 Å². The van der Waals surface area contributed by atoms with Gasteiger partial charge in [0.2, 0.25) is 6.54 Å². The Balaban J connectivity index is 2.41. The Kier molecular flexibility index (Phi) is 1.86. The molecule has 0 aliphatic carbocycles. The predicted octanol–water partition coefficient (Wildman–Crippen LogP) is 1.14. The number of nitrogens with zero attached hydrogens (tertiary/aromatic N) is 2. The van der Waals surface area contributed by atoms with Crippen LogP contribution in [0.2, 0.25) is 0 Å². The second-order valence-corrected chi connectivity index (χ2v) is 1.62. The molecule has 46 valence electrons. The highest BCUT2D eigenvalue weighted by molar-refractivity contribution is 4.96. The van der Waals surface area contributed by atoms with E-state index in [0.29, 0.717) is 13.0 Å². The van der Waals surface area contributed by atoms with E-state index >= 15 is 0 Å². The topological polar surface area (TPSA) is 30.4 Å². The molecule has 0 saturated carbocycles. The van der Waals surface area contributed by atoms with E-state index in [1.807, 2.05) is 0 Å². The molecule has 0 spiro atoms. The Morgan fingerprint density at radius 3 is 3.22 bits per heavy atom. The Bertz CT molecular complexity index is 197. The fourth-order valence-corrected chi connectivity index (χ4v) is 0.537. The molecule has 0 aromatic carbocycles. The quantitative estimate of drug-likeness (QED) is 0.550. The van der Waals surface area contributed by atoms with Crippen LogP contribution in [-0.2, 0) is 6.42 Å². The van der Waals surface area contributed by atoms with Gasteiger partial charge < -0.3 is 9.37 Å².